The monoisotopic (exact) mass is 201 g/mol. The Morgan fingerprint density at radius 3 is 2.79 bits per heavy atom. The molecule has 1 heterocycles. The molecule has 0 aromatic heterocycles. The normalized spacial score (nSPS) is 29.6. The lowest BCUT2D eigenvalue weighted by molar-refractivity contribution is 0.0247. The van der Waals surface area contributed by atoms with Gasteiger partial charge < -0.3 is 5.32 Å². The van der Waals surface area contributed by atoms with Gasteiger partial charge in [0.05, 0.1) is 0 Å². The van der Waals surface area contributed by atoms with Gasteiger partial charge in [-0.05, 0) is 38.6 Å². The molecule has 0 spiro atoms. The Kier molecular flexibility index (Phi) is 4.36. The van der Waals surface area contributed by atoms with Crippen LogP contribution in [0.2, 0.25) is 0 Å². The van der Waals surface area contributed by atoms with E-state index in [1.165, 1.54) is 0 Å². The highest BCUT2D eigenvalue weighted by molar-refractivity contribution is 4.90. The van der Waals surface area contributed by atoms with Crippen LogP contribution in [0, 0.1) is 11.8 Å². The Bertz CT molecular complexity index is 162. The third-order valence-corrected chi connectivity index (χ3v) is 3.78. The second-order valence-electron chi connectivity index (χ2n) is 4.88. The molecule has 3 atom stereocenters. The van der Waals surface area contributed by atoms with Crippen LogP contribution in [0.4, 0.5) is 4.39 Å². The molecule has 0 aliphatic carbocycles. The molecule has 1 rings (SSSR count). The Morgan fingerprint density at radius 2 is 2.29 bits per heavy atom. The Hall–Kier alpha value is -0.110. The quantitative estimate of drug-likeness (QED) is 0.736. The van der Waals surface area contributed by atoms with Crippen LogP contribution < -0.4 is 5.32 Å². The van der Waals surface area contributed by atoms with Crippen LogP contribution >= 0.6 is 0 Å². The van der Waals surface area contributed by atoms with Crippen LogP contribution in [0.15, 0.2) is 0 Å². The fraction of sp³-hybridized carbons (Fsp3) is 1.00. The molecule has 0 radical (unpaired) electrons. The first-order valence-electron chi connectivity index (χ1n) is 5.98. The summed E-state index contributed by atoms with van der Waals surface area (Å²) in [6.45, 7) is 7.91. The average molecular weight is 201 g/mol. The van der Waals surface area contributed by atoms with Gasteiger partial charge in [-0.2, -0.15) is 0 Å². The summed E-state index contributed by atoms with van der Waals surface area (Å²) in [4.78, 5) is 0. The molecule has 0 aromatic carbocycles. The van der Waals surface area contributed by atoms with Crippen molar-refractivity contribution in [3.63, 3.8) is 0 Å². The molecule has 1 aliphatic heterocycles. The van der Waals surface area contributed by atoms with Gasteiger partial charge in [0.2, 0.25) is 0 Å². The first-order chi connectivity index (χ1) is 6.59. The molecule has 0 bridgehead atoms. The molecule has 14 heavy (non-hydrogen) atoms. The average Bonchev–Trinajstić information content (AvgIpc) is 2.19. The summed E-state index contributed by atoms with van der Waals surface area (Å²) >= 11 is 0. The maximum absolute atomic E-state index is 14.5. The van der Waals surface area contributed by atoms with E-state index >= 15 is 0 Å². The van der Waals surface area contributed by atoms with Crippen LogP contribution in [0.25, 0.3) is 0 Å². The molecule has 1 aliphatic rings. The first-order valence-corrected chi connectivity index (χ1v) is 5.98. The molecule has 1 fully saturated rings. The van der Waals surface area contributed by atoms with E-state index in [1.807, 2.05) is 0 Å². The van der Waals surface area contributed by atoms with Gasteiger partial charge in [-0.1, -0.05) is 20.3 Å². The number of alkyl halides is 1. The highest BCUT2D eigenvalue weighted by atomic mass is 19.1. The van der Waals surface area contributed by atoms with E-state index in [0.29, 0.717) is 0 Å². The predicted octanol–water partition coefficient (Wildman–Crippen LogP) is 3.15. The highest BCUT2D eigenvalue weighted by Gasteiger charge is 2.39. The van der Waals surface area contributed by atoms with Crippen LogP contribution in [0.3, 0.4) is 0 Å². The zero-order valence-electron chi connectivity index (χ0n) is 9.78. The van der Waals surface area contributed by atoms with Crippen LogP contribution in [-0.4, -0.2) is 18.8 Å². The summed E-state index contributed by atoms with van der Waals surface area (Å²) in [5.41, 5.74) is -0.983. The largest absolute Gasteiger partial charge is 0.316 e. The van der Waals surface area contributed by atoms with E-state index in [0.717, 1.165) is 38.8 Å². The van der Waals surface area contributed by atoms with Crippen molar-refractivity contribution in [1.29, 1.82) is 0 Å². The van der Waals surface area contributed by atoms with Gasteiger partial charge in [0.15, 0.2) is 0 Å². The summed E-state index contributed by atoms with van der Waals surface area (Å²) in [6.07, 6.45) is 4.27. The first kappa shape index (κ1) is 12.0. The van der Waals surface area contributed by atoms with Crippen molar-refractivity contribution in [3.05, 3.63) is 0 Å². The summed E-state index contributed by atoms with van der Waals surface area (Å²) in [5, 5.41) is 3.30. The summed E-state index contributed by atoms with van der Waals surface area (Å²) in [7, 11) is 0. The zero-order valence-corrected chi connectivity index (χ0v) is 9.78. The number of hydrogen-bond donors (Lipinski definition) is 1. The second kappa shape index (κ2) is 5.11. The van der Waals surface area contributed by atoms with E-state index < -0.39 is 5.67 Å². The molecular formula is C12H24FN. The third-order valence-electron chi connectivity index (χ3n) is 3.78. The fourth-order valence-electron chi connectivity index (χ4n) is 2.45. The van der Waals surface area contributed by atoms with Crippen molar-refractivity contribution < 1.29 is 4.39 Å². The molecule has 2 heteroatoms. The molecule has 0 aromatic rings. The summed E-state index contributed by atoms with van der Waals surface area (Å²) < 4.78 is 14.5. The standard InChI is InChI=1S/C12H24FN/c1-4-6-10(2)12(3,13)11-7-5-8-14-9-11/h10-11,14H,4-9H2,1-3H3. The lowest BCUT2D eigenvalue weighted by Crippen LogP contribution is -2.45. The maximum Gasteiger partial charge on any atom is 0.114 e. The number of rotatable bonds is 4. The van der Waals surface area contributed by atoms with Crippen LogP contribution in [0.5, 0.6) is 0 Å². The van der Waals surface area contributed by atoms with E-state index in [9.17, 15) is 4.39 Å². The minimum absolute atomic E-state index is 0.192. The smallest absolute Gasteiger partial charge is 0.114 e. The van der Waals surface area contributed by atoms with Gasteiger partial charge in [0, 0.05) is 12.5 Å². The maximum atomic E-state index is 14.5. The van der Waals surface area contributed by atoms with E-state index in [1.54, 1.807) is 6.92 Å². The van der Waals surface area contributed by atoms with Crippen molar-refractivity contribution in [2.24, 2.45) is 11.8 Å². The second-order valence-corrected chi connectivity index (χ2v) is 4.88. The van der Waals surface area contributed by atoms with Crippen molar-refractivity contribution in [1.82, 2.24) is 5.32 Å². The van der Waals surface area contributed by atoms with Gasteiger partial charge >= 0.3 is 0 Å². The van der Waals surface area contributed by atoms with Gasteiger partial charge in [-0.15, -0.1) is 0 Å². The molecule has 0 amide bonds. The number of nitrogens with one attached hydrogen (secondary N) is 1. The molecule has 1 N–H and O–H groups in total. The minimum atomic E-state index is -0.983. The Morgan fingerprint density at radius 1 is 1.57 bits per heavy atom. The molecule has 1 nitrogen and oxygen atoms in total. The molecule has 1 saturated heterocycles. The predicted molar refractivity (Wildman–Crippen MR) is 59.2 cm³/mol. The third kappa shape index (κ3) is 2.69. The molecule has 84 valence electrons. The number of hydrogen-bond acceptors (Lipinski definition) is 1. The number of halogens is 1. The summed E-state index contributed by atoms with van der Waals surface area (Å²) in [5.74, 6) is 0.412. The zero-order chi connectivity index (χ0) is 10.6. The van der Waals surface area contributed by atoms with Crippen LogP contribution in [0.1, 0.15) is 46.5 Å². The van der Waals surface area contributed by atoms with Crippen molar-refractivity contribution in [2.45, 2.75) is 52.1 Å². The molecular weight excluding hydrogens is 177 g/mol. The van der Waals surface area contributed by atoms with Crippen molar-refractivity contribution in [3.8, 4) is 0 Å². The van der Waals surface area contributed by atoms with E-state index in [-0.39, 0.29) is 11.8 Å². The van der Waals surface area contributed by atoms with Crippen LogP contribution in [-0.2, 0) is 0 Å². The van der Waals surface area contributed by atoms with Gasteiger partial charge in [-0.25, -0.2) is 4.39 Å². The SMILES string of the molecule is CCCC(C)C(C)(F)C1CCCNC1. The minimum Gasteiger partial charge on any atom is -0.316 e. The van der Waals surface area contributed by atoms with Gasteiger partial charge in [0.25, 0.3) is 0 Å². The van der Waals surface area contributed by atoms with Gasteiger partial charge in [0.1, 0.15) is 5.67 Å². The Labute approximate surface area is 87.5 Å². The molecule has 3 unspecified atom stereocenters. The fourth-order valence-corrected chi connectivity index (χ4v) is 2.45. The highest BCUT2D eigenvalue weighted by Crippen LogP contribution is 2.36. The summed E-state index contributed by atoms with van der Waals surface area (Å²) in [6, 6.07) is 0. The topological polar surface area (TPSA) is 12.0 Å². The lowest BCUT2D eigenvalue weighted by Gasteiger charge is -2.38. The van der Waals surface area contributed by atoms with E-state index in [2.05, 4.69) is 19.2 Å². The Balaban J connectivity index is 2.52. The number of piperidine rings is 1. The van der Waals surface area contributed by atoms with E-state index in [4.69, 9.17) is 0 Å². The lowest BCUT2D eigenvalue weighted by atomic mass is 9.76. The van der Waals surface area contributed by atoms with Gasteiger partial charge in [-0.3, -0.25) is 0 Å². The van der Waals surface area contributed by atoms with Crippen molar-refractivity contribution >= 4 is 0 Å². The molecule has 0 saturated carbocycles. The van der Waals surface area contributed by atoms with Crippen molar-refractivity contribution in [2.75, 3.05) is 13.1 Å².